The molecule has 1 saturated heterocycles. The molecule has 0 bridgehead atoms. The second kappa shape index (κ2) is 7.33. The maximum atomic E-state index is 11.6. The number of carbonyl (C=O) groups is 2. The van der Waals surface area contributed by atoms with E-state index in [1.807, 2.05) is 0 Å². The van der Waals surface area contributed by atoms with Crippen LogP contribution in [0.25, 0.3) is 0 Å². The van der Waals surface area contributed by atoms with Crippen LogP contribution in [0.3, 0.4) is 0 Å². The molecule has 1 heterocycles. The van der Waals surface area contributed by atoms with Crippen LogP contribution in [0.5, 0.6) is 0 Å². The van der Waals surface area contributed by atoms with Gasteiger partial charge < -0.3 is 35.8 Å². The quantitative estimate of drug-likeness (QED) is 0.127. The molecule has 1 fully saturated rings. The highest BCUT2D eigenvalue weighted by molar-refractivity contribution is 5.81. The van der Waals surface area contributed by atoms with Crippen molar-refractivity contribution in [3.63, 3.8) is 0 Å². The summed E-state index contributed by atoms with van der Waals surface area (Å²) < 4.78 is 4.56. The molecule has 7 N–H and O–H groups in total. The van der Waals surface area contributed by atoms with E-state index in [1.165, 1.54) is 7.05 Å². The summed E-state index contributed by atoms with van der Waals surface area (Å²) in [7, 11) is 1.31. The van der Waals surface area contributed by atoms with E-state index >= 15 is 0 Å². The average molecular weight is 323 g/mol. The van der Waals surface area contributed by atoms with Crippen LogP contribution < -0.4 is 5.73 Å². The Morgan fingerprint density at radius 1 is 1.18 bits per heavy atom. The maximum absolute atomic E-state index is 11.6. The zero-order valence-electron chi connectivity index (χ0n) is 11.4. The summed E-state index contributed by atoms with van der Waals surface area (Å²) in [5.41, 5.74) is 5.08. The van der Waals surface area contributed by atoms with Crippen molar-refractivity contribution in [3.8, 4) is 0 Å². The van der Waals surface area contributed by atoms with Crippen molar-refractivity contribution in [2.24, 2.45) is 5.73 Å². The van der Waals surface area contributed by atoms with E-state index < -0.39 is 55.1 Å². The number of guanidine groups is 1. The highest BCUT2D eigenvalue weighted by Gasteiger charge is 2.47. The fraction of sp³-hybridized carbons (Fsp3) is 0.700. The number of hydrogen-bond donors (Lipinski definition) is 6. The predicted octanol–water partition coefficient (Wildman–Crippen LogP) is -4.39. The molecule has 12 heteroatoms. The first kappa shape index (κ1) is 18.1. The Morgan fingerprint density at radius 3 is 2.32 bits per heavy atom. The van der Waals surface area contributed by atoms with E-state index in [2.05, 4.69) is 14.5 Å². The van der Waals surface area contributed by atoms with Gasteiger partial charge in [0.15, 0.2) is 18.4 Å². The van der Waals surface area contributed by atoms with Gasteiger partial charge in [-0.1, -0.05) is 0 Å². The van der Waals surface area contributed by atoms with E-state index in [0.717, 1.165) is 4.90 Å². The lowest BCUT2D eigenvalue weighted by Gasteiger charge is -2.36. The Labute approximate surface area is 124 Å². The molecule has 126 valence electrons. The Hall–Kier alpha value is -1.99. The number of carbonyl (C=O) groups excluding carboxylic acids is 2. The number of rotatable bonds is 3. The summed E-state index contributed by atoms with van der Waals surface area (Å²) in [6, 6.07) is 0. The summed E-state index contributed by atoms with van der Waals surface area (Å²) >= 11 is 0. The van der Waals surface area contributed by atoms with Crippen LogP contribution in [-0.4, -0.2) is 87.5 Å². The summed E-state index contributed by atoms with van der Waals surface area (Å²) in [6.45, 7) is -0.485. The average Bonchev–Trinajstić information content (AvgIpc) is 2.46. The number of aliphatic hydroxyl groups is 4. The number of nitrogens with two attached hydrogens (primary N) is 1. The van der Waals surface area contributed by atoms with E-state index in [-0.39, 0.29) is 0 Å². The third-order valence-electron chi connectivity index (χ3n) is 2.81. The van der Waals surface area contributed by atoms with Gasteiger partial charge in [0.25, 0.3) is 0 Å². The molecule has 0 aliphatic carbocycles. The molecular formula is C10H17N3O9. The molecule has 0 aromatic heterocycles. The Morgan fingerprint density at radius 2 is 1.77 bits per heavy atom. The highest BCUT2D eigenvalue weighted by Crippen LogP contribution is 2.20. The summed E-state index contributed by atoms with van der Waals surface area (Å²) in [5.74, 6) is -2.90. The number of ether oxygens (including phenoxy) is 1. The molecular weight excluding hydrogens is 306 g/mol. The summed E-state index contributed by atoms with van der Waals surface area (Å²) in [4.78, 5) is 32.1. The van der Waals surface area contributed by atoms with Gasteiger partial charge in [0.2, 0.25) is 0 Å². The maximum Gasteiger partial charge on any atom is 0.386 e. The second-order valence-corrected chi connectivity index (χ2v) is 4.52. The van der Waals surface area contributed by atoms with Gasteiger partial charge in [-0.15, -0.1) is 0 Å². The van der Waals surface area contributed by atoms with Crippen molar-refractivity contribution in [2.45, 2.75) is 30.7 Å². The molecule has 1 aliphatic heterocycles. The summed E-state index contributed by atoms with van der Waals surface area (Å²) in [5, 5.41) is 44.4. The predicted molar refractivity (Wildman–Crippen MR) is 65.6 cm³/mol. The number of nitrogens with one attached hydrogen (secondary N) is 1. The van der Waals surface area contributed by atoms with Gasteiger partial charge in [-0.2, -0.15) is 0 Å². The number of aliphatic hydroxyl groups excluding tert-OH is 4. The number of hydrogen-bond acceptors (Lipinski definition) is 10. The second-order valence-electron chi connectivity index (χ2n) is 4.52. The Kier molecular flexibility index (Phi) is 6.01. The zero-order valence-corrected chi connectivity index (χ0v) is 11.4. The number of likely N-dealkylation sites (N-methyl/N-ethyl adjacent to an activating group) is 1. The van der Waals surface area contributed by atoms with E-state index in [0.29, 0.717) is 0 Å². The normalized spacial score (nSPS) is 31.2. The molecule has 22 heavy (non-hydrogen) atoms. The van der Waals surface area contributed by atoms with Gasteiger partial charge in [-0.25, -0.2) is 19.4 Å². The Bertz CT molecular complexity index is 445. The molecule has 0 aromatic rings. The SMILES string of the molecule is CN(CC(=O)OOC(=O)C1OC(O)C(O)C(O)C1O)C(=N)N. The molecule has 0 saturated carbocycles. The molecule has 1 aliphatic rings. The lowest BCUT2D eigenvalue weighted by atomic mass is 9.99. The first-order valence-corrected chi connectivity index (χ1v) is 5.99. The molecule has 0 aromatic carbocycles. The summed E-state index contributed by atoms with van der Waals surface area (Å²) in [6.07, 6.45) is -9.38. The van der Waals surface area contributed by atoms with Crippen molar-refractivity contribution in [2.75, 3.05) is 13.6 Å². The molecule has 0 amide bonds. The minimum absolute atomic E-state index is 0.422. The van der Waals surface area contributed by atoms with Crippen LogP contribution in [0.1, 0.15) is 0 Å². The molecule has 5 unspecified atom stereocenters. The van der Waals surface area contributed by atoms with Gasteiger partial charge in [0.05, 0.1) is 0 Å². The first-order valence-electron chi connectivity index (χ1n) is 5.99. The van der Waals surface area contributed by atoms with Crippen molar-refractivity contribution < 1.29 is 44.5 Å². The van der Waals surface area contributed by atoms with Crippen LogP contribution in [-0.2, 0) is 24.1 Å². The molecule has 0 radical (unpaired) electrons. The minimum atomic E-state index is -1.93. The van der Waals surface area contributed by atoms with Crippen LogP contribution in [0.15, 0.2) is 0 Å². The fourth-order valence-electron chi connectivity index (χ4n) is 1.50. The molecule has 12 nitrogen and oxygen atoms in total. The van der Waals surface area contributed by atoms with Crippen LogP contribution in [0.4, 0.5) is 0 Å². The first-order chi connectivity index (χ1) is 10.1. The smallest absolute Gasteiger partial charge is 0.386 e. The van der Waals surface area contributed by atoms with E-state index in [4.69, 9.17) is 11.1 Å². The van der Waals surface area contributed by atoms with Gasteiger partial charge in [0.1, 0.15) is 24.9 Å². The van der Waals surface area contributed by atoms with Crippen molar-refractivity contribution >= 4 is 17.9 Å². The van der Waals surface area contributed by atoms with Gasteiger partial charge in [-0.3, -0.25) is 5.41 Å². The van der Waals surface area contributed by atoms with Crippen LogP contribution >= 0.6 is 0 Å². The lowest BCUT2D eigenvalue weighted by Crippen LogP contribution is -2.60. The lowest BCUT2D eigenvalue weighted by molar-refractivity contribution is -0.304. The van der Waals surface area contributed by atoms with E-state index in [1.54, 1.807) is 0 Å². The third kappa shape index (κ3) is 4.25. The third-order valence-corrected chi connectivity index (χ3v) is 2.81. The fourth-order valence-corrected chi connectivity index (χ4v) is 1.50. The number of nitrogens with zero attached hydrogens (tertiary/aromatic N) is 1. The van der Waals surface area contributed by atoms with Crippen LogP contribution in [0, 0.1) is 5.41 Å². The Balaban J connectivity index is 2.51. The monoisotopic (exact) mass is 323 g/mol. The topological polar surface area (TPSA) is 196 Å². The van der Waals surface area contributed by atoms with Crippen molar-refractivity contribution in [1.29, 1.82) is 5.41 Å². The van der Waals surface area contributed by atoms with Crippen molar-refractivity contribution in [3.05, 3.63) is 0 Å². The van der Waals surface area contributed by atoms with Gasteiger partial charge in [-0.05, 0) is 0 Å². The largest absolute Gasteiger partial charge is 0.387 e. The highest BCUT2D eigenvalue weighted by atomic mass is 17.2. The molecule has 1 rings (SSSR count). The molecule has 5 atom stereocenters. The van der Waals surface area contributed by atoms with Crippen molar-refractivity contribution in [1.82, 2.24) is 4.90 Å². The van der Waals surface area contributed by atoms with E-state index in [9.17, 15) is 30.0 Å². The standard InChI is InChI=1S/C10H17N3O9/c1-13(10(11)12)2-3(14)21-22-9(19)7-5(16)4(15)6(17)8(18)20-7/h4-8,15-18H,2H2,1H3,(H3,11,12). The minimum Gasteiger partial charge on any atom is -0.387 e. The molecule has 0 spiro atoms. The van der Waals surface area contributed by atoms with Gasteiger partial charge in [0, 0.05) is 7.05 Å². The van der Waals surface area contributed by atoms with Gasteiger partial charge >= 0.3 is 11.9 Å². The zero-order chi connectivity index (χ0) is 17.0. The van der Waals surface area contributed by atoms with Crippen LogP contribution in [0.2, 0.25) is 0 Å².